The molecule has 0 aliphatic heterocycles. The minimum absolute atomic E-state index is 0.0909. The van der Waals surface area contributed by atoms with E-state index in [-0.39, 0.29) is 35.2 Å². The number of nitrogens with zero attached hydrogens (tertiary/aromatic N) is 4. The maximum atomic E-state index is 14.9. The monoisotopic (exact) mass is 616 g/mol. The number of benzene rings is 1. The van der Waals surface area contributed by atoms with Crippen molar-refractivity contribution in [2.24, 2.45) is 0 Å². The molecule has 1 aliphatic rings. The van der Waals surface area contributed by atoms with Crippen LogP contribution in [0.1, 0.15) is 45.6 Å². The van der Waals surface area contributed by atoms with Crippen LogP contribution in [0.15, 0.2) is 35.3 Å². The van der Waals surface area contributed by atoms with Crippen LogP contribution >= 0.6 is 0 Å². The van der Waals surface area contributed by atoms with Crippen LogP contribution in [0, 0.1) is 5.82 Å². The molecule has 2 N–H and O–H groups in total. The van der Waals surface area contributed by atoms with Crippen molar-refractivity contribution in [2.45, 2.75) is 70.0 Å². The Labute approximate surface area is 240 Å². The van der Waals surface area contributed by atoms with Gasteiger partial charge in [-0.25, -0.2) is 22.2 Å². The second kappa shape index (κ2) is 12.1. The molecule has 1 aliphatic carbocycles. The predicted octanol–water partition coefficient (Wildman–Crippen LogP) is 5.11. The number of aromatic nitrogens is 3. The van der Waals surface area contributed by atoms with Crippen molar-refractivity contribution in [3.05, 3.63) is 46.6 Å². The summed E-state index contributed by atoms with van der Waals surface area (Å²) >= 11 is 0. The van der Waals surface area contributed by atoms with Crippen LogP contribution in [-0.2, 0) is 10.0 Å². The molecule has 42 heavy (non-hydrogen) atoms. The number of halogens is 5. The first-order valence-corrected chi connectivity index (χ1v) is 15.1. The second-order valence-corrected chi connectivity index (χ2v) is 12.8. The standard InChI is InChI=1S/C27H33F5N6O3S/c1-15(2)38-24-17(14-33-26(35-24)34-18-6-8-23(37(3)4)21(29)13-18)11-19(25(38)39)16-5-7-22(20(28)12-16)36-42(40,41)10-9-27(30,31)32/h5,7,11-12,14-15,18,21,23,36H,6,8-10,13H2,1-4H3,(H,33,34,35)/t18-,21-,23-/m1/s1. The highest BCUT2D eigenvalue weighted by atomic mass is 32.2. The minimum atomic E-state index is -4.69. The molecule has 1 fully saturated rings. The molecule has 4 rings (SSSR count). The fourth-order valence-corrected chi connectivity index (χ4v) is 6.21. The maximum absolute atomic E-state index is 14.9. The summed E-state index contributed by atoms with van der Waals surface area (Å²) in [6, 6.07) is 4.07. The summed E-state index contributed by atoms with van der Waals surface area (Å²) in [4.78, 5) is 24.3. The summed E-state index contributed by atoms with van der Waals surface area (Å²) in [5, 5.41) is 3.65. The third kappa shape index (κ3) is 7.35. The largest absolute Gasteiger partial charge is 0.390 e. The average Bonchev–Trinajstić information content (AvgIpc) is 2.87. The molecule has 2 heterocycles. The number of fused-ring (bicyclic) bond motifs is 1. The molecule has 15 heteroatoms. The smallest absolute Gasteiger partial charge is 0.351 e. The van der Waals surface area contributed by atoms with Gasteiger partial charge >= 0.3 is 6.18 Å². The Hall–Kier alpha value is -3.33. The van der Waals surface area contributed by atoms with E-state index >= 15 is 0 Å². The van der Waals surface area contributed by atoms with Crippen molar-refractivity contribution in [2.75, 3.05) is 29.9 Å². The predicted molar refractivity (Wildman–Crippen MR) is 151 cm³/mol. The number of hydrogen-bond acceptors (Lipinski definition) is 7. The normalized spacial score (nSPS) is 19.9. The van der Waals surface area contributed by atoms with Gasteiger partial charge in [-0.15, -0.1) is 0 Å². The summed E-state index contributed by atoms with van der Waals surface area (Å²) in [5.41, 5.74) is -0.492. The molecule has 0 amide bonds. The molecule has 9 nitrogen and oxygen atoms in total. The molecule has 3 aromatic rings. The van der Waals surface area contributed by atoms with E-state index in [1.165, 1.54) is 22.9 Å². The van der Waals surface area contributed by atoms with E-state index < -0.39 is 51.6 Å². The van der Waals surface area contributed by atoms with Crippen molar-refractivity contribution in [1.82, 2.24) is 19.4 Å². The zero-order valence-corrected chi connectivity index (χ0v) is 24.4. The molecule has 0 unspecified atom stereocenters. The SMILES string of the molecule is CC(C)n1c(=O)c(-c2ccc(NS(=O)(=O)CCC(F)(F)F)c(F)c2)cc2cnc(N[C@@H]3CC[C@@H](N(C)C)[C@H](F)C3)nc21. The van der Waals surface area contributed by atoms with Gasteiger partial charge in [0.2, 0.25) is 16.0 Å². The second-order valence-electron chi connectivity index (χ2n) is 11.0. The number of pyridine rings is 1. The lowest BCUT2D eigenvalue weighted by molar-refractivity contribution is -0.129. The Morgan fingerprint density at radius 1 is 1.17 bits per heavy atom. The van der Waals surface area contributed by atoms with Crippen LogP contribution < -0.4 is 15.6 Å². The lowest BCUT2D eigenvalue weighted by Crippen LogP contribution is -2.44. The van der Waals surface area contributed by atoms with E-state index in [4.69, 9.17) is 0 Å². The van der Waals surface area contributed by atoms with Gasteiger partial charge in [-0.1, -0.05) is 6.07 Å². The maximum Gasteiger partial charge on any atom is 0.390 e. The topological polar surface area (TPSA) is 109 Å². The van der Waals surface area contributed by atoms with Gasteiger partial charge in [0, 0.05) is 41.7 Å². The lowest BCUT2D eigenvalue weighted by atomic mass is 9.89. The molecule has 230 valence electrons. The highest BCUT2D eigenvalue weighted by molar-refractivity contribution is 7.92. The molecule has 1 saturated carbocycles. The van der Waals surface area contributed by atoms with Crippen LogP contribution in [0.2, 0.25) is 0 Å². The number of anilines is 2. The van der Waals surface area contributed by atoms with Crippen LogP contribution in [0.3, 0.4) is 0 Å². The van der Waals surface area contributed by atoms with Crippen LogP contribution in [0.4, 0.5) is 33.6 Å². The Morgan fingerprint density at radius 3 is 2.48 bits per heavy atom. The summed E-state index contributed by atoms with van der Waals surface area (Å²) in [7, 11) is -0.767. The molecule has 3 atom stereocenters. The Kier molecular flexibility index (Phi) is 9.11. The van der Waals surface area contributed by atoms with Crippen molar-refractivity contribution >= 4 is 32.7 Å². The van der Waals surface area contributed by atoms with Gasteiger partial charge in [0.1, 0.15) is 17.6 Å². The van der Waals surface area contributed by atoms with Gasteiger partial charge in [0.15, 0.2) is 0 Å². The van der Waals surface area contributed by atoms with Crippen LogP contribution in [-0.4, -0.2) is 72.1 Å². The average molecular weight is 617 g/mol. The Bertz CT molecular complexity index is 1610. The Morgan fingerprint density at radius 2 is 1.88 bits per heavy atom. The quantitative estimate of drug-likeness (QED) is 0.322. The minimum Gasteiger partial charge on any atom is -0.351 e. The van der Waals surface area contributed by atoms with Crippen LogP contribution in [0.5, 0.6) is 0 Å². The first kappa shape index (κ1) is 31.6. The van der Waals surface area contributed by atoms with Crippen molar-refractivity contribution in [1.29, 1.82) is 0 Å². The molecule has 2 aromatic heterocycles. The van der Waals surface area contributed by atoms with E-state index in [9.17, 15) is 35.2 Å². The molecule has 0 bridgehead atoms. The van der Waals surface area contributed by atoms with E-state index in [0.717, 1.165) is 18.6 Å². The van der Waals surface area contributed by atoms with Gasteiger partial charge < -0.3 is 10.2 Å². The number of alkyl halides is 4. The van der Waals surface area contributed by atoms with Gasteiger partial charge in [-0.2, -0.15) is 18.2 Å². The fourth-order valence-electron chi connectivity index (χ4n) is 5.10. The molecule has 1 aromatic carbocycles. The molecular formula is C27H33F5N6O3S. The van der Waals surface area contributed by atoms with E-state index in [1.807, 2.05) is 23.7 Å². The number of rotatable bonds is 9. The van der Waals surface area contributed by atoms with Gasteiger partial charge in [-0.05, 0) is 64.5 Å². The molecule has 0 radical (unpaired) electrons. The molecular weight excluding hydrogens is 583 g/mol. The summed E-state index contributed by atoms with van der Waals surface area (Å²) in [6.45, 7) is 3.55. The van der Waals surface area contributed by atoms with E-state index in [0.29, 0.717) is 23.9 Å². The van der Waals surface area contributed by atoms with E-state index in [1.54, 1.807) is 13.8 Å². The Balaban J connectivity index is 1.62. The zero-order valence-electron chi connectivity index (χ0n) is 23.5. The van der Waals surface area contributed by atoms with Crippen LogP contribution in [0.25, 0.3) is 22.2 Å². The first-order valence-electron chi connectivity index (χ1n) is 13.4. The highest BCUT2D eigenvalue weighted by Gasteiger charge is 2.32. The van der Waals surface area contributed by atoms with Gasteiger partial charge in [-0.3, -0.25) is 14.1 Å². The number of nitrogens with one attached hydrogen (secondary N) is 2. The number of sulfonamides is 1. The summed E-state index contributed by atoms with van der Waals surface area (Å²) < 4.78 is 94.2. The third-order valence-corrected chi connectivity index (χ3v) is 8.50. The lowest BCUT2D eigenvalue weighted by Gasteiger charge is -2.35. The molecule has 0 saturated heterocycles. The zero-order chi connectivity index (χ0) is 31.0. The summed E-state index contributed by atoms with van der Waals surface area (Å²) in [6.07, 6.45) is -4.09. The molecule has 0 spiro atoms. The highest BCUT2D eigenvalue weighted by Crippen LogP contribution is 2.29. The van der Waals surface area contributed by atoms with Crippen molar-refractivity contribution in [3.63, 3.8) is 0 Å². The fraction of sp³-hybridized carbons (Fsp3) is 0.519. The first-order chi connectivity index (χ1) is 19.5. The summed E-state index contributed by atoms with van der Waals surface area (Å²) in [5.74, 6) is -2.08. The van der Waals surface area contributed by atoms with Crippen molar-refractivity contribution < 1.29 is 30.4 Å². The van der Waals surface area contributed by atoms with Gasteiger partial charge in [0.05, 0.1) is 17.9 Å². The number of hydrogen-bond donors (Lipinski definition) is 2. The van der Waals surface area contributed by atoms with E-state index in [2.05, 4.69) is 15.3 Å². The third-order valence-electron chi connectivity index (χ3n) is 7.22. The van der Waals surface area contributed by atoms with Gasteiger partial charge in [0.25, 0.3) is 5.56 Å². The van der Waals surface area contributed by atoms with Crippen molar-refractivity contribution in [3.8, 4) is 11.1 Å².